The molecule has 6 nitrogen and oxygen atoms in total. The van der Waals surface area contributed by atoms with Crippen molar-refractivity contribution < 1.29 is 14.6 Å². The van der Waals surface area contributed by atoms with Gasteiger partial charge < -0.3 is 14.8 Å². The molecule has 0 aliphatic carbocycles. The molecular formula is C10H14N2O4S. The molecule has 0 bridgehead atoms. The third kappa shape index (κ3) is 4.58. The number of nitrogens with one attached hydrogen (secondary N) is 1. The van der Waals surface area contributed by atoms with Gasteiger partial charge in [-0.3, -0.25) is 4.79 Å². The zero-order valence-corrected chi connectivity index (χ0v) is 10.4. The fourth-order valence-corrected chi connectivity index (χ4v) is 2.10. The quantitative estimate of drug-likeness (QED) is 0.575. The first kappa shape index (κ1) is 13.7. The Kier molecular flexibility index (Phi) is 5.17. The second-order valence-electron chi connectivity index (χ2n) is 3.29. The zero-order valence-electron chi connectivity index (χ0n) is 9.60. The summed E-state index contributed by atoms with van der Waals surface area (Å²) in [6.07, 6.45) is -0.893. The standard InChI is InChI=1S/C10H14N2O4S/c1-3-16-7(9(14)15)5-17-10-11-6(2)4-8(13)12-10/h4,7H,3,5H2,1-2H3,(H,14,15)(H,11,12,13). The summed E-state index contributed by atoms with van der Waals surface area (Å²) >= 11 is 1.15. The number of aliphatic carboxylic acids is 1. The number of carboxylic acids is 1. The minimum atomic E-state index is -1.02. The van der Waals surface area contributed by atoms with Gasteiger partial charge in [0.15, 0.2) is 11.3 Å². The Hall–Kier alpha value is -1.34. The second kappa shape index (κ2) is 6.41. The van der Waals surface area contributed by atoms with Crippen LogP contribution in [0.3, 0.4) is 0 Å². The number of H-pyrrole nitrogens is 1. The van der Waals surface area contributed by atoms with Crippen LogP contribution in [0.25, 0.3) is 0 Å². The van der Waals surface area contributed by atoms with Crippen LogP contribution in [0.2, 0.25) is 0 Å². The number of aromatic nitrogens is 2. The minimum absolute atomic E-state index is 0.204. The van der Waals surface area contributed by atoms with Gasteiger partial charge in [-0.1, -0.05) is 11.8 Å². The average molecular weight is 258 g/mol. The number of hydrogen-bond acceptors (Lipinski definition) is 5. The monoisotopic (exact) mass is 258 g/mol. The molecule has 0 amide bonds. The molecule has 7 heteroatoms. The van der Waals surface area contributed by atoms with Gasteiger partial charge in [-0.25, -0.2) is 9.78 Å². The summed E-state index contributed by atoms with van der Waals surface area (Å²) in [5, 5.41) is 9.26. The predicted molar refractivity (Wildman–Crippen MR) is 63.4 cm³/mol. The van der Waals surface area contributed by atoms with E-state index in [1.165, 1.54) is 6.07 Å². The van der Waals surface area contributed by atoms with Crippen LogP contribution in [-0.2, 0) is 9.53 Å². The van der Waals surface area contributed by atoms with E-state index in [4.69, 9.17) is 9.84 Å². The van der Waals surface area contributed by atoms with Gasteiger partial charge in [0.1, 0.15) is 0 Å². The molecular weight excluding hydrogens is 244 g/mol. The van der Waals surface area contributed by atoms with E-state index in [0.29, 0.717) is 17.5 Å². The predicted octanol–water partition coefficient (Wildman–Crippen LogP) is 0.660. The summed E-state index contributed by atoms with van der Waals surface area (Å²) in [6.45, 7) is 3.76. The van der Waals surface area contributed by atoms with Gasteiger partial charge in [0, 0.05) is 24.1 Å². The van der Waals surface area contributed by atoms with Crippen molar-refractivity contribution in [2.45, 2.75) is 25.1 Å². The van der Waals surface area contributed by atoms with E-state index in [1.807, 2.05) is 0 Å². The summed E-state index contributed by atoms with van der Waals surface area (Å²) < 4.78 is 5.05. The molecule has 0 aliphatic rings. The van der Waals surface area contributed by atoms with Crippen LogP contribution >= 0.6 is 11.8 Å². The molecule has 94 valence electrons. The maximum Gasteiger partial charge on any atom is 0.333 e. The fraction of sp³-hybridized carbons (Fsp3) is 0.500. The molecule has 1 unspecified atom stereocenters. The lowest BCUT2D eigenvalue weighted by Gasteiger charge is -2.11. The molecule has 1 heterocycles. The number of rotatable bonds is 6. The van der Waals surface area contributed by atoms with Gasteiger partial charge in [0.2, 0.25) is 0 Å². The summed E-state index contributed by atoms with van der Waals surface area (Å²) in [4.78, 5) is 28.6. The smallest absolute Gasteiger partial charge is 0.333 e. The molecule has 1 atom stereocenters. The van der Waals surface area contributed by atoms with Gasteiger partial charge in [-0.15, -0.1) is 0 Å². The van der Waals surface area contributed by atoms with Gasteiger partial charge >= 0.3 is 5.97 Å². The van der Waals surface area contributed by atoms with Crippen molar-refractivity contribution in [2.75, 3.05) is 12.4 Å². The summed E-state index contributed by atoms with van der Waals surface area (Å²) in [6, 6.07) is 1.38. The largest absolute Gasteiger partial charge is 0.479 e. The number of carbonyl (C=O) groups is 1. The number of nitrogens with zero attached hydrogens (tertiary/aromatic N) is 1. The van der Waals surface area contributed by atoms with Crippen LogP contribution in [0, 0.1) is 6.92 Å². The molecule has 0 aliphatic heterocycles. The molecule has 2 N–H and O–H groups in total. The lowest BCUT2D eigenvalue weighted by Crippen LogP contribution is -2.26. The molecule has 0 aromatic carbocycles. The Bertz CT molecular complexity index is 446. The Morgan fingerprint density at radius 2 is 2.41 bits per heavy atom. The van der Waals surface area contributed by atoms with Crippen molar-refractivity contribution in [3.63, 3.8) is 0 Å². The van der Waals surface area contributed by atoms with Crippen LogP contribution < -0.4 is 5.56 Å². The lowest BCUT2D eigenvalue weighted by atomic mass is 10.4. The maximum absolute atomic E-state index is 11.2. The third-order valence-corrected chi connectivity index (χ3v) is 2.80. The number of hydrogen-bond donors (Lipinski definition) is 2. The van der Waals surface area contributed by atoms with E-state index < -0.39 is 12.1 Å². The highest BCUT2D eigenvalue weighted by molar-refractivity contribution is 7.99. The number of ether oxygens (including phenoxy) is 1. The van der Waals surface area contributed by atoms with Crippen LogP contribution in [0.1, 0.15) is 12.6 Å². The zero-order chi connectivity index (χ0) is 12.8. The topological polar surface area (TPSA) is 92.3 Å². The first-order valence-corrected chi connectivity index (χ1v) is 6.06. The normalized spacial score (nSPS) is 12.4. The van der Waals surface area contributed by atoms with E-state index in [0.717, 1.165) is 11.8 Å². The van der Waals surface area contributed by atoms with E-state index >= 15 is 0 Å². The van der Waals surface area contributed by atoms with Gasteiger partial charge in [-0.05, 0) is 13.8 Å². The highest BCUT2D eigenvalue weighted by Gasteiger charge is 2.18. The van der Waals surface area contributed by atoms with Crippen LogP contribution in [-0.4, -0.2) is 39.5 Å². The highest BCUT2D eigenvalue weighted by atomic mass is 32.2. The average Bonchev–Trinajstić information content (AvgIpc) is 2.22. The molecule has 1 aromatic heterocycles. The Morgan fingerprint density at radius 1 is 1.71 bits per heavy atom. The summed E-state index contributed by atoms with van der Waals surface area (Å²) in [7, 11) is 0. The first-order chi connectivity index (χ1) is 8.02. The summed E-state index contributed by atoms with van der Waals surface area (Å²) in [5.41, 5.74) is 0.350. The van der Waals surface area contributed by atoms with Crippen LogP contribution in [0.5, 0.6) is 0 Å². The molecule has 0 saturated heterocycles. The number of aromatic amines is 1. The SMILES string of the molecule is CCOC(CSc1nc(C)cc(=O)[nH]1)C(=O)O. The molecule has 1 aromatic rings. The lowest BCUT2D eigenvalue weighted by molar-refractivity contribution is -0.148. The number of carboxylic acid groups (broad SMARTS) is 1. The van der Waals surface area contributed by atoms with E-state index in [-0.39, 0.29) is 11.3 Å². The van der Waals surface area contributed by atoms with Crippen LogP contribution in [0.4, 0.5) is 0 Å². The van der Waals surface area contributed by atoms with Gasteiger partial charge in [0.05, 0.1) is 0 Å². The fourth-order valence-electron chi connectivity index (χ4n) is 1.17. The van der Waals surface area contributed by atoms with Gasteiger partial charge in [-0.2, -0.15) is 0 Å². The molecule has 1 rings (SSSR count). The van der Waals surface area contributed by atoms with Crippen molar-refractivity contribution in [2.24, 2.45) is 0 Å². The molecule has 0 saturated carbocycles. The van der Waals surface area contributed by atoms with Gasteiger partial charge in [0.25, 0.3) is 5.56 Å². The Balaban J connectivity index is 2.65. The Labute approximate surface area is 102 Å². The minimum Gasteiger partial charge on any atom is -0.479 e. The van der Waals surface area contributed by atoms with Crippen LogP contribution in [0.15, 0.2) is 16.0 Å². The van der Waals surface area contributed by atoms with E-state index in [9.17, 15) is 9.59 Å². The summed E-state index contributed by atoms with van der Waals surface area (Å²) in [5.74, 6) is -0.815. The van der Waals surface area contributed by atoms with Crippen molar-refractivity contribution in [1.29, 1.82) is 0 Å². The van der Waals surface area contributed by atoms with Crippen molar-refractivity contribution in [3.05, 3.63) is 22.1 Å². The van der Waals surface area contributed by atoms with E-state index in [1.54, 1.807) is 13.8 Å². The number of aryl methyl sites for hydroxylation is 1. The van der Waals surface area contributed by atoms with Crippen molar-refractivity contribution >= 4 is 17.7 Å². The first-order valence-electron chi connectivity index (χ1n) is 5.08. The maximum atomic E-state index is 11.2. The molecule has 0 fully saturated rings. The highest BCUT2D eigenvalue weighted by Crippen LogP contribution is 2.14. The molecule has 0 spiro atoms. The van der Waals surface area contributed by atoms with Crippen molar-refractivity contribution in [3.8, 4) is 0 Å². The third-order valence-electron chi connectivity index (χ3n) is 1.86. The molecule has 0 radical (unpaired) electrons. The Morgan fingerprint density at radius 3 is 2.94 bits per heavy atom. The van der Waals surface area contributed by atoms with Crippen molar-refractivity contribution in [1.82, 2.24) is 9.97 Å². The van der Waals surface area contributed by atoms with E-state index in [2.05, 4.69) is 9.97 Å². The second-order valence-corrected chi connectivity index (χ2v) is 4.29. The number of thioether (sulfide) groups is 1. The molecule has 17 heavy (non-hydrogen) atoms.